The Morgan fingerprint density at radius 1 is 1.70 bits per heavy atom. The number of aliphatic hydroxyl groups is 1. The van der Waals surface area contributed by atoms with E-state index in [1.165, 1.54) is 12.2 Å². The zero-order valence-electron chi connectivity index (χ0n) is 5.41. The molecule has 1 N–H and O–H groups in total. The van der Waals surface area contributed by atoms with E-state index in [9.17, 15) is 4.79 Å². The number of hydrogen-bond donors (Lipinski definition) is 1. The van der Waals surface area contributed by atoms with E-state index in [1.807, 2.05) is 0 Å². The Labute approximate surface area is 58.3 Å². The van der Waals surface area contributed by atoms with E-state index in [0.717, 1.165) is 12.8 Å². The summed E-state index contributed by atoms with van der Waals surface area (Å²) in [5.74, 6) is -0.00204. The minimum Gasteiger partial charge on any atom is -0.365 e. The van der Waals surface area contributed by atoms with Gasteiger partial charge in [0.2, 0.25) is 0 Å². The van der Waals surface area contributed by atoms with Crippen LogP contribution < -0.4 is 0 Å². The smallest absolute Gasteiger partial charge is 0.187 e. The zero-order chi connectivity index (χ0) is 7.19. The van der Waals surface area contributed by atoms with Crippen LogP contribution in [-0.2, 0) is 9.53 Å². The number of ether oxygens (including phenoxy) is 1. The topological polar surface area (TPSA) is 46.5 Å². The maximum absolute atomic E-state index is 11.0. The molecule has 1 fully saturated rings. The SMILES string of the molecule is O=C1C=CC(O)OC12CC2. The molecule has 1 heterocycles. The monoisotopic (exact) mass is 140 g/mol. The first-order valence-electron chi connectivity index (χ1n) is 3.31. The predicted molar refractivity (Wildman–Crippen MR) is 33.2 cm³/mol. The molecule has 0 aromatic rings. The number of carbonyl (C=O) groups excluding carboxylic acids is 1. The summed E-state index contributed by atoms with van der Waals surface area (Å²) in [6.07, 6.45) is 3.41. The Bertz CT molecular complexity index is 203. The molecule has 1 saturated carbocycles. The molecule has 3 nitrogen and oxygen atoms in total. The van der Waals surface area contributed by atoms with Crippen LogP contribution in [0, 0.1) is 0 Å². The normalized spacial score (nSPS) is 34.9. The Kier molecular flexibility index (Phi) is 1.02. The Morgan fingerprint density at radius 2 is 2.40 bits per heavy atom. The second kappa shape index (κ2) is 1.68. The maximum Gasteiger partial charge on any atom is 0.187 e. The molecule has 0 bridgehead atoms. The van der Waals surface area contributed by atoms with Crippen molar-refractivity contribution in [2.45, 2.75) is 24.7 Å². The Hall–Kier alpha value is -0.670. The summed E-state index contributed by atoms with van der Waals surface area (Å²) >= 11 is 0. The molecule has 54 valence electrons. The number of carbonyl (C=O) groups is 1. The lowest BCUT2D eigenvalue weighted by Crippen LogP contribution is -2.33. The van der Waals surface area contributed by atoms with Gasteiger partial charge >= 0.3 is 0 Å². The summed E-state index contributed by atoms with van der Waals surface area (Å²) in [4.78, 5) is 11.0. The van der Waals surface area contributed by atoms with Crippen LogP contribution in [0.25, 0.3) is 0 Å². The van der Waals surface area contributed by atoms with Crippen LogP contribution in [0.2, 0.25) is 0 Å². The molecule has 2 aliphatic rings. The molecule has 0 aromatic heterocycles. The van der Waals surface area contributed by atoms with Crippen LogP contribution in [0.15, 0.2) is 12.2 Å². The first kappa shape index (κ1) is 6.07. The highest BCUT2D eigenvalue weighted by Crippen LogP contribution is 2.43. The minimum absolute atomic E-state index is 0.00204. The van der Waals surface area contributed by atoms with Crippen molar-refractivity contribution in [3.05, 3.63) is 12.2 Å². The molecular formula is C7H8O3. The molecule has 0 aromatic carbocycles. The predicted octanol–water partition coefficient (Wildman–Crippen LogP) is -0.00710. The third kappa shape index (κ3) is 0.711. The van der Waals surface area contributed by atoms with E-state index in [1.54, 1.807) is 0 Å². The second-order valence-electron chi connectivity index (χ2n) is 2.73. The van der Waals surface area contributed by atoms with Gasteiger partial charge in [0, 0.05) is 0 Å². The number of hydrogen-bond acceptors (Lipinski definition) is 3. The van der Waals surface area contributed by atoms with Gasteiger partial charge in [-0.2, -0.15) is 0 Å². The highest BCUT2D eigenvalue weighted by Gasteiger charge is 2.52. The summed E-state index contributed by atoms with van der Waals surface area (Å²) in [5, 5.41) is 8.94. The lowest BCUT2D eigenvalue weighted by molar-refractivity contribution is -0.154. The second-order valence-corrected chi connectivity index (χ2v) is 2.73. The first-order chi connectivity index (χ1) is 4.73. The third-order valence-corrected chi connectivity index (χ3v) is 1.91. The van der Waals surface area contributed by atoms with Crippen molar-refractivity contribution in [2.75, 3.05) is 0 Å². The first-order valence-corrected chi connectivity index (χ1v) is 3.31. The van der Waals surface area contributed by atoms with Gasteiger partial charge < -0.3 is 9.84 Å². The van der Waals surface area contributed by atoms with Crippen molar-refractivity contribution >= 4 is 5.78 Å². The molecule has 0 saturated heterocycles. The molecule has 1 aliphatic heterocycles. The number of rotatable bonds is 0. The van der Waals surface area contributed by atoms with E-state index in [-0.39, 0.29) is 5.78 Å². The Balaban J connectivity index is 2.24. The van der Waals surface area contributed by atoms with Crippen LogP contribution in [0.4, 0.5) is 0 Å². The van der Waals surface area contributed by atoms with Crippen molar-refractivity contribution < 1.29 is 14.6 Å². The van der Waals surface area contributed by atoms with E-state index >= 15 is 0 Å². The molecule has 1 spiro atoms. The molecule has 0 radical (unpaired) electrons. The summed E-state index contributed by atoms with van der Waals surface area (Å²) in [7, 11) is 0. The number of ketones is 1. The van der Waals surface area contributed by atoms with Gasteiger partial charge in [0.1, 0.15) is 5.60 Å². The molecular weight excluding hydrogens is 132 g/mol. The summed E-state index contributed by atoms with van der Waals surface area (Å²) < 4.78 is 5.02. The quantitative estimate of drug-likeness (QED) is 0.515. The molecule has 0 amide bonds. The minimum atomic E-state index is -0.875. The standard InChI is InChI=1S/C7H8O3/c8-5-1-2-6(9)10-7(5)3-4-7/h1-2,6,9H,3-4H2. The molecule has 1 unspecified atom stereocenters. The lowest BCUT2D eigenvalue weighted by atomic mass is 10.1. The van der Waals surface area contributed by atoms with Gasteiger partial charge in [0.05, 0.1) is 0 Å². The van der Waals surface area contributed by atoms with Crippen molar-refractivity contribution in [2.24, 2.45) is 0 Å². The summed E-state index contributed by atoms with van der Waals surface area (Å²) in [5.41, 5.74) is -0.617. The van der Waals surface area contributed by atoms with Crippen LogP contribution >= 0.6 is 0 Å². The third-order valence-electron chi connectivity index (χ3n) is 1.91. The summed E-state index contributed by atoms with van der Waals surface area (Å²) in [6.45, 7) is 0. The fourth-order valence-corrected chi connectivity index (χ4v) is 1.13. The van der Waals surface area contributed by atoms with Gasteiger partial charge in [-0.05, 0) is 25.0 Å². The average Bonchev–Trinajstić information content (AvgIpc) is 2.62. The van der Waals surface area contributed by atoms with E-state index in [4.69, 9.17) is 9.84 Å². The van der Waals surface area contributed by atoms with Gasteiger partial charge in [0.15, 0.2) is 12.1 Å². The van der Waals surface area contributed by atoms with Gasteiger partial charge in [-0.15, -0.1) is 0 Å². The van der Waals surface area contributed by atoms with Crippen molar-refractivity contribution in [3.8, 4) is 0 Å². The fourth-order valence-electron chi connectivity index (χ4n) is 1.13. The maximum atomic E-state index is 11.0. The summed E-state index contributed by atoms with van der Waals surface area (Å²) in [6, 6.07) is 0. The highest BCUT2D eigenvalue weighted by molar-refractivity contribution is 5.99. The van der Waals surface area contributed by atoms with E-state index in [2.05, 4.69) is 0 Å². The van der Waals surface area contributed by atoms with E-state index < -0.39 is 11.9 Å². The van der Waals surface area contributed by atoms with Gasteiger partial charge in [-0.1, -0.05) is 0 Å². The van der Waals surface area contributed by atoms with Crippen molar-refractivity contribution in [3.63, 3.8) is 0 Å². The molecule has 1 aliphatic carbocycles. The fraction of sp³-hybridized carbons (Fsp3) is 0.571. The van der Waals surface area contributed by atoms with Crippen LogP contribution in [0.1, 0.15) is 12.8 Å². The molecule has 1 atom stereocenters. The number of aliphatic hydroxyl groups excluding tert-OH is 1. The van der Waals surface area contributed by atoms with Crippen LogP contribution in [-0.4, -0.2) is 22.8 Å². The van der Waals surface area contributed by atoms with Crippen molar-refractivity contribution in [1.29, 1.82) is 0 Å². The average molecular weight is 140 g/mol. The lowest BCUT2D eigenvalue weighted by Gasteiger charge is -2.19. The largest absolute Gasteiger partial charge is 0.365 e. The molecule has 10 heavy (non-hydrogen) atoms. The van der Waals surface area contributed by atoms with Gasteiger partial charge in [0.25, 0.3) is 0 Å². The Morgan fingerprint density at radius 3 is 2.90 bits per heavy atom. The highest BCUT2D eigenvalue weighted by atomic mass is 16.6. The van der Waals surface area contributed by atoms with Crippen LogP contribution in [0.5, 0.6) is 0 Å². The zero-order valence-corrected chi connectivity index (χ0v) is 5.41. The van der Waals surface area contributed by atoms with Gasteiger partial charge in [-0.3, -0.25) is 4.79 Å². The molecule has 3 heteroatoms. The van der Waals surface area contributed by atoms with Crippen LogP contribution in [0.3, 0.4) is 0 Å². The van der Waals surface area contributed by atoms with Crippen molar-refractivity contribution in [1.82, 2.24) is 0 Å². The van der Waals surface area contributed by atoms with Gasteiger partial charge in [-0.25, -0.2) is 0 Å². The molecule has 2 rings (SSSR count). The van der Waals surface area contributed by atoms with E-state index in [0.29, 0.717) is 0 Å².